The highest BCUT2D eigenvalue weighted by Crippen LogP contribution is 2.29. The Hall–Kier alpha value is -2.61. The standard InChI is InChI=1S/C37H54N2/c1-4-7-10-12-14-17-19-31-22-26-33(27-23-31)36-30-35(21-16-9-6-3)37(39(36)38)34-28-24-32(25-29-34)20-18-15-13-11-8-5-2/h21-30,38H,4-20H2,1-3H3. The minimum atomic E-state index is 0.981. The average molecular weight is 527 g/mol. The van der Waals surface area contributed by atoms with E-state index in [0.717, 1.165) is 41.8 Å². The van der Waals surface area contributed by atoms with Crippen LogP contribution in [0.4, 0.5) is 0 Å². The molecule has 0 amide bonds. The van der Waals surface area contributed by atoms with Crippen molar-refractivity contribution in [2.45, 2.75) is 130 Å². The Labute approximate surface area is 240 Å². The van der Waals surface area contributed by atoms with Crippen molar-refractivity contribution in [3.05, 3.63) is 94.4 Å². The van der Waals surface area contributed by atoms with Gasteiger partial charge in [-0.05, 0) is 67.5 Å². The highest BCUT2D eigenvalue weighted by molar-refractivity contribution is 6.14. The first kappa shape index (κ1) is 30.9. The maximum atomic E-state index is 9.11. The van der Waals surface area contributed by atoms with E-state index in [1.807, 2.05) is 0 Å². The molecular weight excluding hydrogens is 472 g/mol. The molecule has 1 aliphatic rings. The van der Waals surface area contributed by atoms with Crippen LogP contribution in [0.2, 0.25) is 0 Å². The van der Waals surface area contributed by atoms with Gasteiger partial charge in [0.05, 0.1) is 0 Å². The molecule has 0 unspecified atom stereocenters. The normalized spacial score (nSPS) is 14.4. The fourth-order valence-corrected chi connectivity index (χ4v) is 5.55. The number of benzene rings is 2. The number of hydrogen-bond donors (Lipinski definition) is 0. The van der Waals surface area contributed by atoms with E-state index in [0.29, 0.717) is 0 Å². The van der Waals surface area contributed by atoms with Crippen LogP contribution >= 0.6 is 0 Å². The van der Waals surface area contributed by atoms with E-state index in [-0.39, 0.29) is 0 Å². The molecule has 1 aliphatic heterocycles. The van der Waals surface area contributed by atoms with Gasteiger partial charge in [0.1, 0.15) is 0 Å². The molecule has 2 heteroatoms. The van der Waals surface area contributed by atoms with Crippen molar-refractivity contribution in [2.75, 3.05) is 0 Å². The lowest BCUT2D eigenvalue weighted by molar-refractivity contribution is -0.347. The van der Waals surface area contributed by atoms with Gasteiger partial charge in [0, 0.05) is 22.8 Å². The van der Waals surface area contributed by atoms with Crippen molar-refractivity contribution in [3.63, 3.8) is 0 Å². The summed E-state index contributed by atoms with van der Waals surface area (Å²) in [6.45, 7) is 6.79. The van der Waals surface area contributed by atoms with Gasteiger partial charge < -0.3 is 5.84 Å². The Morgan fingerprint density at radius 2 is 1.03 bits per heavy atom. The maximum absolute atomic E-state index is 9.11. The first-order valence-corrected chi connectivity index (χ1v) is 16.2. The number of nitrogens with one attached hydrogen (secondary N) is 1. The minimum Gasteiger partial charge on any atom is -0.448 e. The van der Waals surface area contributed by atoms with Crippen LogP contribution in [0.25, 0.3) is 11.5 Å². The van der Waals surface area contributed by atoms with Crippen LogP contribution in [0.5, 0.6) is 0 Å². The molecule has 2 aromatic carbocycles. The Morgan fingerprint density at radius 1 is 0.564 bits per heavy atom. The molecule has 0 radical (unpaired) electrons. The third-order valence-corrected chi connectivity index (χ3v) is 8.07. The summed E-state index contributed by atoms with van der Waals surface area (Å²) in [6.07, 6.45) is 26.3. The zero-order valence-electron chi connectivity index (χ0n) is 25.2. The van der Waals surface area contributed by atoms with Crippen molar-refractivity contribution >= 4 is 11.4 Å². The fourth-order valence-electron chi connectivity index (χ4n) is 5.55. The Balaban J connectivity index is 1.68. The van der Waals surface area contributed by atoms with Crippen LogP contribution in [0, 0.1) is 0 Å². The molecule has 2 aromatic rings. The van der Waals surface area contributed by atoms with Crippen molar-refractivity contribution in [1.82, 2.24) is 0 Å². The third kappa shape index (κ3) is 10.1. The summed E-state index contributed by atoms with van der Waals surface area (Å²) < 4.78 is 1.67. The summed E-state index contributed by atoms with van der Waals surface area (Å²) in [5.74, 6) is 9.11. The van der Waals surface area contributed by atoms with Gasteiger partial charge in [0.25, 0.3) is 0 Å². The van der Waals surface area contributed by atoms with E-state index >= 15 is 0 Å². The van der Waals surface area contributed by atoms with Gasteiger partial charge in [0.15, 0.2) is 0 Å². The molecule has 0 saturated heterocycles. The van der Waals surface area contributed by atoms with Gasteiger partial charge >= 0.3 is 0 Å². The number of aryl methyl sites for hydroxylation is 2. The van der Waals surface area contributed by atoms with Crippen molar-refractivity contribution in [1.29, 1.82) is 0 Å². The predicted molar refractivity (Wildman–Crippen MR) is 171 cm³/mol. The number of allylic oxidation sites excluding steroid dienone is 3. The molecule has 1 heterocycles. The van der Waals surface area contributed by atoms with Crippen LogP contribution in [0.3, 0.4) is 0 Å². The van der Waals surface area contributed by atoms with Crippen molar-refractivity contribution < 1.29 is 4.68 Å². The molecule has 0 bridgehead atoms. The van der Waals surface area contributed by atoms with E-state index in [1.165, 1.54) is 107 Å². The van der Waals surface area contributed by atoms with Crippen LogP contribution in [0.1, 0.15) is 139 Å². The molecule has 3 rings (SSSR count). The maximum Gasteiger partial charge on any atom is 0.215 e. The number of hydrogen-bond acceptors (Lipinski definition) is 0. The Bertz CT molecular complexity index is 1050. The summed E-state index contributed by atoms with van der Waals surface area (Å²) in [7, 11) is 0. The Morgan fingerprint density at radius 3 is 1.54 bits per heavy atom. The molecule has 39 heavy (non-hydrogen) atoms. The molecule has 0 fully saturated rings. The largest absolute Gasteiger partial charge is 0.448 e. The smallest absolute Gasteiger partial charge is 0.215 e. The van der Waals surface area contributed by atoms with Crippen LogP contribution in [-0.2, 0) is 12.8 Å². The Kier molecular flexibility index (Phi) is 14.2. The number of rotatable bonds is 19. The molecule has 0 spiro atoms. The summed E-state index contributed by atoms with van der Waals surface area (Å²) in [6, 6.07) is 18.0. The molecule has 1 N–H and O–H groups in total. The van der Waals surface area contributed by atoms with E-state index in [1.54, 1.807) is 4.68 Å². The lowest BCUT2D eigenvalue weighted by Gasteiger charge is -2.10. The number of unbranched alkanes of at least 4 members (excludes halogenated alkanes) is 12. The van der Waals surface area contributed by atoms with E-state index in [2.05, 4.69) is 81.5 Å². The van der Waals surface area contributed by atoms with Gasteiger partial charge in [-0.1, -0.05) is 128 Å². The SMILES string of the molecule is CCCCC=C1C=C(c2ccc(CCCCCCCC)cc2)[N+]([NH-])=C1c1ccc(CCCCCCCC)cc1. The highest BCUT2D eigenvalue weighted by atomic mass is 15.3. The van der Waals surface area contributed by atoms with E-state index in [4.69, 9.17) is 5.84 Å². The second-order valence-corrected chi connectivity index (χ2v) is 11.4. The second kappa shape index (κ2) is 17.9. The predicted octanol–water partition coefficient (Wildman–Crippen LogP) is 11.4. The monoisotopic (exact) mass is 526 g/mol. The molecule has 0 saturated carbocycles. The molecule has 212 valence electrons. The average Bonchev–Trinajstić information content (AvgIpc) is 3.29. The summed E-state index contributed by atoms with van der Waals surface area (Å²) >= 11 is 0. The minimum absolute atomic E-state index is 0.981. The van der Waals surface area contributed by atoms with Crippen molar-refractivity contribution in [2.24, 2.45) is 0 Å². The summed E-state index contributed by atoms with van der Waals surface area (Å²) in [4.78, 5) is 0. The molecule has 0 aliphatic carbocycles. The lowest BCUT2D eigenvalue weighted by atomic mass is 9.98. The number of nitrogens with zero attached hydrogens (tertiary/aromatic N) is 1. The zero-order chi connectivity index (χ0) is 27.7. The van der Waals surface area contributed by atoms with E-state index < -0.39 is 0 Å². The van der Waals surface area contributed by atoms with Gasteiger partial charge in [-0.25, -0.2) is 4.68 Å². The van der Waals surface area contributed by atoms with Gasteiger partial charge in [-0.3, -0.25) is 0 Å². The molecule has 0 aromatic heterocycles. The first-order chi connectivity index (χ1) is 19.2. The van der Waals surface area contributed by atoms with Crippen LogP contribution in [-0.4, -0.2) is 10.4 Å². The highest BCUT2D eigenvalue weighted by Gasteiger charge is 2.27. The van der Waals surface area contributed by atoms with Crippen LogP contribution < -0.4 is 0 Å². The second-order valence-electron chi connectivity index (χ2n) is 11.4. The molecular formula is C37H54N2. The summed E-state index contributed by atoms with van der Waals surface area (Å²) in [5, 5.41) is 0. The topological polar surface area (TPSA) is 26.8 Å². The third-order valence-electron chi connectivity index (χ3n) is 8.07. The first-order valence-electron chi connectivity index (χ1n) is 16.2. The van der Waals surface area contributed by atoms with Crippen LogP contribution in [0.15, 0.2) is 66.3 Å². The van der Waals surface area contributed by atoms with Gasteiger partial charge in [0.2, 0.25) is 11.4 Å². The quantitative estimate of drug-likeness (QED) is 0.129. The van der Waals surface area contributed by atoms with Crippen molar-refractivity contribution in [3.8, 4) is 0 Å². The van der Waals surface area contributed by atoms with E-state index in [9.17, 15) is 0 Å². The molecule has 2 nitrogen and oxygen atoms in total. The summed E-state index contributed by atoms with van der Waals surface area (Å²) in [5.41, 5.74) is 8.29. The lowest BCUT2D eigenvalue weighted by Crippen LogP contribution is -2.11. The molecule has 0 atom stereocenters. The fraction of sp³-hybridized carbons (Fsp3) is 0.541. The van der Waals surface area contributed by atoms with Gasteiger partial charge in [-0.15, -0.1) is 0 Å². The zero-order valence-corrected chi connectivity index (χ0v) is 25.2. The van der Waals surface area contributed by atoms with Gasteiger partial charge in [-0.2, -0.15) is 0 Å².